The minimum atomic E-state index is -0.671. The fraction of sp³-hybridized carbons (Fsp3) is 0.952. The van der Waals surface area contributed by atoms with Gasteiger partial charge in [0.05, 0.1) is 12.0 Å². The van der Waals surface area contributed by atoms with Crippen molar-refractivity contribution >= 4 is 5.97 Å². The molecule has 0 aromatic heterocycles. The minimum Gasteiger partial charge on any atom is -0.462 e. The molecular formula is C21H41NO4. The molecule has 0 radical (unpaired) electrons. The topological polar surface area (TPSA) is 70.8 Å². The molecule has 0 aromatic rings. The Labute approximate surface area is 160 Å². The summed E-state index contributed by atoms with van der Waals surface area (Å²) >= 11 is 0. The molecule has 1 fully saturated rings. The van der Waals surface area contributed by atoms with Crippen LogP contribution < -0.4 is 5.73 Å². The Bertz CT molecular complexity index is 466. The zero-order chi connectivity index (χ0) is 20.2. The van der Waals surface area contributed by atoms with Crippen molar-refractivity contribution in [3.05, 3.63) is 0 Å². The highest BCUT2D eigenvalue weighted by molar-refractivity contribution is 5.77. The van der Waals surface area contributed by atoms with E-state index in [1.54, 1.807) is 0 Å². The van der Waals surface area contributed by atoms with Gasteiger partial charge in [0, 0.05) is 12.0 Å². The molecule has 1 aliphatic heterocycles. The van der Waals surface area contributed by atoms with Crippen LogP contribution in [0.1, 0.15) is 87.5 Å². The van der Waals surface area contributed by atoms with E-state index in [0.29, 0.717) is 13.0 Å². The van der Waals surface area contributed by atoms with Crippen LogP contribution in [0.2, 0.25) is 0 Å². The zero-order valence-electron chi connectivity index (χ0n) is 18.2. The van der Waals surface area contributed by atoms with Crippen LogP contribution in [0.5, 0.6) is 0 Å². The predicted molar refractivity (Wildman–Crippen MR) is 105 cm³/mol. The fourth-order valence-corrected chi connectivity index (χ4v) is 3.48. The number of carbonyl (C=O) groups excluding carboxylic acids is 1. The Morgan fingerprint density at radius 1 is 1.19 bits per heavy atom. The van der Waals surface area contributed by atoms with Crippen molar-refractivity contribution in [2.45, 2.75) is 105 Å². The highest BCUT2D eigenvalue weighted by atomic mass is 16.7. The number of carbonyl (C=O) groups is 1. The number of rotatable bonds is 9. The summed E-state index contributed by atoms with van der Waals surface area (Å²) in [6.45, 7) is 16.8. The highest BCUT2D eigenvalue weighted by Gasteiger charge is 2.48. The molecule has 3 unspecified atom stereocenters. The molecule has 2 N–H and O–H groups in total. The van der Waals surface area contributed by atoms with Gasteiger partial charge in [0.15, 0.2) is 5.79 Å². The average Bonchev–Trinajstić information content (AvgIpc) is 2.84. The first kappa shape index (κ1) is 23.4. The van der Waals surface area contributed by atoms with E-state index in [0.717, 1.165) is 12.8 Å². The van der Waals surface area contributed by atoms with E-state index in [1.807, 2.05) is 27.7 Å². The summed E-state index contributed by atoms with van der Waals surface area (Å²) in [5.74, 6) is -0.773. The second kappa shape index (κ2) is 8.57. The molecule has 0 amide bonds. The molecule has 1 saturated heterocycles. The maximum absolute atomic E-state index is 12.9. The molecule has 0 spiro atoms. The second-order valence-corrected chi connectivity index (χ2v) is 9.99. The molecule has 26 heavy (non-hydrogen) atoms. The van der Waals surface area contributed by atoms with E-state index in [4.69, 9.17) is 19.9 Å². The van der Waals surface area contributed by atoms with Gasteiger partial charge in [0.1, 0.15) is 12.7 Å². The van der Waals surface area contributed by atoms with E-state index >= 15 is 0 Å². The van der Waals surface area contributed by atoms with E-state index < -0.39 is 16.7 Å². The molecule has 0 aliphatic carbocycles. The molecule has 1 heterocycles. The molecule has 5 nitrogen and oxygen atoms in total. The summed E-state index contributed by atoms with van der Waals surface area (Å²) in [6, 6.07) is 0. The van der Waals surface area contributed by atoms with E-state index in [9.17, 15) is 4.79 Å². The monoisotopic (exact) mass is 371 g/mol. The first-order chi connectivity index (χ1) is 11.7. The smallest absolute Gasteiger partial charge is 0.312 e. The van der Waals surface area contributed by atoms with E-state index in [1.165, 1.54) is 12.8 Å². The summed E-state index contributed by atoms with van der Waals surface area (Å²) in [7, 11) is 0. The van der Waals surface area contributed by atoms with E-state index in [-0.39, 0.29) is 24.1 Å². The SMILES string of the molecule is CCCCCC1(C)OCC(COC(=O)C(C)(CC(C)(C)N)C(C)(C)C)O1. The number of hydrogen-bond acceptors (Lipinski definition) is 5. The Kier molecular flexibility index (Phi) is 7.71. The lowest BCUT2D eigenvalue weighted by Gasteiger charge is -2.43. The number of nitrogens with two attached hydrogens (primary N) is 1. The fourth-order valence-electron chi connectivity index (χ4n) is 3.48. The van der Waals surface area contributed by atoms with Crippen molar-refractivity contribution in [2.24, 2.45) is 16.6 Å². The number of ether oxygens (including phenoxy) is 3. The van der Waals surface area contributed by atoms with Gasteiger partial charge in [-0.3, -0.25) is 4.79 Å². The van der Waals surface area contributed by atoms with Crippen molar-refractivity contribution < 1.29 is 19.0 Å². The normalized spacial score (nSPS) is 26.6. The quantitative estimate of drug-likeness (QED) is 0.480. The molecule has 5 heteroatoms. The first-order valence-corrected chi connectivity index (χ1v) is 10.0. The summed E-state index contributed by atoms with van der Waals surface area (Å²) in [5, 5.41) is 0. The Hall–Kier alpha value is -0.650. The largest absolute Gasteiger partial charge is 0.462 e. The van der Waals surface area contributed by atoms with Gasteiger partial charge in [0.2, 0.25) is 0 Å². The van der Waals surface area contributed by atoms with Gasteiger partial charge in [0.25, 0.3) is 0 Å². The van der Waals surface area contributed by atoms with Crippen molar-refractivity contribution in [3.63, 3.8) is 0 Å². The highest BCUT2D eigenvalue weighted by Crippen LogP contribution is 2.45. The average molecular weight is 372 g/mol. The predicted octanol–water partition coefficient (Wildman–Crippen LogP) is 4.42. The summed E-state index contributed by atoms with van der Waals surface area (Å²) in [6.07, 6.45) is 4.63. The molecule has 0 saturated carbocycles. The standard InChI is InChI=1S/C21H41NO4/c1-9-10-11-12-21(8)25-14-16(26-21)13-24-17(23)20(7,18(2,3)4)15-19(5,6)22/h16H,9-15,22H2,1-8H3. The van der Waals surface area contributed by atoms with Gasteiger partial charge in [-0.25, -0.2) is 0 Å². The Balaban J connectivity index is 2.64. The van der Waals surface area contributed by atoms with Crippen LogP contribution >= 0.6 is 0 Å². The molecule has 1 rings (SSSR count). The summed E-state index contributed by atoms with van der Waals surface area (Å²) < 4.78 is 17.5. The summed E-state index contributed by atoms with van der Waals surface area (Å²) in [4.78, 5) is 12.9. The van der Waals surface area contributed by atoms with Gasteiger partial charge in [-0.1, -0.05) is 40.5 Å². The van der Waals surface area contributed by atoms with Crippen molar-refractivity contribution in [1.82, 2.24) is 0 Å². The second-order valence-electron chi connectivity index (χ2n) is 9.99. The lowest BCUT2D eigenvalue weighted by atomic mass is 9.63. The van der Waals surface area contributed by atoms with Crippen LogP contribution in [0.4, 0.5) is 0 Å². The van der Waals surface area contributed by atoms with Gasteiger partial charge in [-0.15, -0.1) is 0 Å². The van der Waals surface area contributed by atoms with Crippen LogP contribution in [-0.2, 0) is 19.0 Å². The number of esters is 1. The van der Waals surface area contributed by atoms with Crippen LogP contribution in [0.3, 0.4) is 0 Å². The maximum atomic E-state index is 12.9. The zero-order valence-corrected chi connectivity index (χ0v) is 18.2. The first-order valence-electron chi connectivity index (χ1n) is 10.0. The lowest BCUT2D eigenvalue weighted by Crippen LogP contribution is -2.49. The molecule has 154 valence electrons. The van der Waals surface area contributed by atoms with E-state index in [2.05, 4.69) is 27.7 Å². The summed E-state index contributed by atoms with van der Waals surface area (Å²) in [5.41, 5.74) is 4.83. The lowest BCUT2D eigenvalue weighted by molar-refractivity contribution is -0.178. The molecule has 0 bridgehead atoms. The molecule has 1 aliphatic rings. The Morgan fingerprint density at radius 3 is 2.31 bits per heavy atom. The molecule has 3 atom stereocenters. The maximum Gasteiger partial charge on any atom is 0.312 e. The third-order valence-corrected chi connectivity index (χ3v) is 5.54. The van der Waals surface area contributed by atoms with Crippen LogP contribution in [0, 0.1) is 10.8 Å². The van der Waals surface area contributed by atoms with Gasteiger partial charge in [-0.05, 0) is 46.0 Å². The van der Waals surface area contributed by atoms with Gasteiger partial charge >= 0.3 is 5.97 Å². The minimum absolute atomic E-state index is 0.208. The molecule has 0 aromatic carbocycles. The Morgan fingerprint density at radius 2 is 1.81 bits per heavy atom. The van der Waals surface area contributed by atoms with Crippen molar-refractivity contribution in [2.75, 3.05) is 13.2 Å². The van der Waals surface area contributed by atoms with Gasteiger partial charge < -0.3 is 19.9 Å². The van der Waals surface area contributed by atoms with Crippen molar-refractivity contribution in [3.8, 4) is 0 Å². The van der Waals surface area contributed by atoms with Crippen LogP contribution in [0.15, 0.2) is 0 Å². The number of hydrogen-bond donors (Lipinski definition) is 1. The third kappa shape index (κ3) is 6.50. The van der Waals surface area contributed by atoms with Gasteiger partial charge in [-0.2, -0.15) is 0 Å². The third-order valence-electron chi connectivity index (χ3n) is 5.54. The van der Waals surface area contributed by atoms with Crippen molar-refractivity contribution in [1.29, 1.82) is 0 Å². The van der Waals surface area contributed by atoms with Crippen LogP contribution in [0.25, 0.3) is 0 Å². The number of unbranched alkanes of at least 4 members (excludes halogenated alkanes) is 2. The molecular weight excluding hydrogens is 330 g/mol. The van der Waals surface area contributed by atoms with Crippen LogP contribution in [-0.4, -0.2) is 36.6 Å².